The van der Waals surface area contributed by atoms with Crippen LogP contribution in [0, 0.1) is 11.3 Å². The number of hydrogen-bond acceptors (Lipinski definition) is 4. The number of hydrogen-bond donors (Lipinski definition) is 1. The van der Waals surface area contributed by atoms with Crippen LogP contribution in [0.3, 0.4) is 0 Å². The lowest BCUT2D eigenvalue weighted by atomic mass is 9.71. The molecular weight excluding hydrogens is 479 g/mol. The Labute approximate surface area is 224 Å². The molecule has 2 aromatic carbocycles. The van der Waals surface area contributed by atoms with Crippen LogP contribution in [0.15, 0.2) is 60.7 Å². The monoisotopic (exact) mass is 522 g/mol. The quantitative estimate of drug-likeness (QED) is 0.473. The van der Waals surface area contributed by atoms with Crippen molar-refractivity contribution in [2.75, 3.05) is 39.3 Å². The topological polar surface area (TPSA) is 35.9 Å². The Morgan fingerprint density at radius 3 is 1.94 bits per heavy atom. The lowest BCUT2D eigenvalue weighted by molar-refractivity contribution is -0.0636. The fraction of sp³-hybridized carbons (Fsp3) is 0.586. The van der Waals surface area contributed by atoms with Crippen molar-refractivity contribution < 1.29 is 9.84 Å². The second kappa shape index (κ2) is 14.0. The van der Waals surface area contributed by atoms with Crippen LogP contribution in [-0.4, -0.2) is 66.4 Å². The van der Waals surface area contributed by atoms with Gasteiger partial charge in [-0.15, -0.1) is 24.8 Å². The van der Waals surface area contributed by atoms with Gasteiger partial charge in [0.1, 0.15) is 0 Å². The maximum atomic E-state index is 10.7. The third-order valence-electron chi connectivity index (χ3n) is 7.34. The van der Waals surface area contributed by atoms with Crippen LogP contribution in [0.2, 0.25) is 0 Å². The molecule has 0 spiro atoms. The average molecular weight is 524 g/mol. The van der Waals surface area contributed by atoms with Crippen LogP contribution in [0.25, 0.3) is 0 Å². The lowest BCUT2D eigenvalue weighted by Gasteiger charge is -2.41. The molecule has 1 heterocycles. The Morgan fingerprint density at radius 1 is 0.886 bits per heavy atom. The minimum absolute atomic E-state index is 0. The number of aliphatic hydroxyl groups is 1. The molecule has 2 aliphatic rings. The van der Waals surface area contributed by atoms with Gasteiger partial charge in [0.15, 0.2) is 0 Å². The predicted octanol–water partition coefficient (Wildman–Crippen LogP) is 5.83. The zero-order valence-corrected chi connectivity index (χ0v) is 23.1. The summed E-state index contributed by atoms with van der Waals surface area (Å²) in [5, 5.41) is 10.7. The Bertz CT molecular complexity index is 805. The normalized spacial score (nSPS) is 23.8. The summed E-state index contributed by atoms with van der Waals surface area (Å²) in [4.78, 5) is 4.97. The molecule has 0 aromatic heterocycles. The van der Waals surface area contributed by atoms with Gasteiger partial charge in [-0.05, 0) is 41.7 Å². The first-order valence-corrected chi connectivity index (χ1v) is 12.8. The first-order chi connectivity index (χ1) is 15.9. The summed E-state index contributed by atoms with van der Waals surface area (Å²) in [6, 6.07) is 21.9. The van der Waals surface area contributed by atoms with Crippen LogP contribution in [0.5, 0.6) is 0 Å². The minimum atomic E-state index is -0.420. The smallest absolute Gasteiger partial charge is 0.0900 e. The molecule has 1 N–H and O–H groups in total. The van der Waals surface area contributed by atoms with E-state index in [0.717, 1.165) is 39.0 Å². The molecule has 6 heteroatoms. The summed E-state index contributed by atoms with van der Waals surface area (Å²) in [5.74, 6) is 0.700. The highest BCUT2D eigenvalue weighted by Gasteiger charge is 2.33. The zero-order chi connectivity index (χ0) is 23.3. The predicted molar refractivity (Wildman–Crippen MR) is 150 cm³/mol. The van der Waals surface area contributed by atoms with Crippen molar-refractivity contribution in [3.63, 3.8) is 0 Å². The SMILES string of the molecule is CC1CC(OCC(O)CN2CCN(C(c3ccccc3)c3ccccc3)CC2)CC(C)(C)C1.Cl.Cl. The third-order valence-corrected chi connectivity index (χ3v) is 7.34. The van der Waals surface area contributed by atoms with E-state index in [0.29, 0.717) is 24.5 Å². The van der Waals surface area contributed by atoms with E-state index in [-0.39, 0.29) is 37.0 Å². The number of benzene rings is 2. The standard InChI is InChI=1S/C29H42N2O2.2ClH/c1-23-18-27(20-29(2,3)19-23)33-22-26(32)21-30-14-16-31(17-15-30)28(24-10-6-4-7-11-24)25-12-8-5-9-13-25;;/h4-13,23,26-28,32H,14-22H2,1-3H3;2*1H. The fourth-order valence-electron chi connectivity index (χ4n) is 6.07. The van der Waals surface area contributed by atoms with E-state index in [9.17, 15) is 5.11 Å². The van der Waals surface area contributed by atoms with Crippen molar-refractivity contribution in [2.45, 2.75) is 58.3 Å². The fourth-order valence-corrected chi connectivity index (χ4v) is 6.07. The van der Waals surface area contributed by atoms with Gasteiger partial charge in [0, 0.05) is 32.7 Å². The van der Waals surface area contributed by atoms with Crippen LogP contribution in [0.4, 0.5) is 0 Å². The van der Waals surface area contributed by atoms with Crippen molar-refractivity contribution in [1.29, 1.82) is 0 Å². The van der Waals surface area contributed by atoms with Crippen molar-refractivity contribution in [3.8, 4) is 0 Å². The first-order valence-electron chi connectivity index (χ1n) is 12.8. The minimum Gasteiger partial charge on any atom is -0.389 e. The van der Waals surface area contributed by atoms with E-state index in [1.807, 2.05) is 0 Å². The molecule has 35 heavy (non-hydrogen) atoms. The number of halogens is 2. The van der Waals surface area contributed by atoms with E-state index in [4.69, 9.17) is 4.74 Å². The first kappa shape index (κ1) is 30.1. The highest BCUT2D eigenvalue weighted by Crippen LogP contribution is 2.39. The van der Waals surface area contributed by atoms with Gasteiger partial charge < -0.3 is 9.84 Å². The number of ether oxygens (including phenoxy) is 1. The maximum Gasteiger partial charge on any atom is 0.0900 e. The molecule has 1 aliphatic heterocycles. The number of aliphatic hydroxyl groups excluding tert-OH is 1. The van der Waals surface area contributed by atoms with Crippen molar-refractivity contribution in [3.05, 3.63) is 71.8 Å². The Hall–Kier alpha value is -1.14. The average Bonchev–Trinajstić information content (AvgIpc) is 2.79. The van der Waals surface area contributed by atoms with Gasteiger partial charge in [0.05, 0.1) is 24.9 Å². The molecule has 3 atom stereocenters. The molecule has 1 aliphatic carbocycles. The summed E-state index contributed by atoms with van der Waals surface area (Å²) < 4.78 is 6.18. The summed E-state index contributed by atoms with van der Waals surface area (Å²) in [6.45, 7) is 12.1. The van der Waals surface area contributed by atoms with Crippen LogP contribution in [0.1, 0.15) is 57.2 Å². The highest BCUT2D eigenvalue weighted by molar-refractivity contribution is 5.85. The van der Waals surface area contributed by atoms with E-state index >= 15 is 0 Å². The number of piperazine rings is 1. The number of rotatable bonds is 8. The molecule has 3 unspecified atom stereocenters. The summed E-state index contributed by atoms with van der Waals surface area (Å²) >= 11 is 0. The van der Waals surface area contributed by atoms with Crippen LogP contribution in [-0.2, 0) is 4.74 Å². The lowest BCUT2D eigenvalue weighted by Crippen LogP contribution is -2.50. The van der Waals surface area contributed by atoms with Crippen molar-refractivity contribution in [2.24, 2.45) is 11.3 Å². The molecule has 2 aromatic rings. The molecule has 4 nitrogen and oxygen atoms in total. The second-order valence-corrected chi connectivity index (χ2v) is 11.1. The molecular formula is C29H44Cl2N2O2. The Kier molecular flexibility index (Phi) is 12.0. The van der Waals surface area contributed by atoms with E-state index in [1.54, 1.807) is 0 Å². The second-order valence-electron chi connectivity index (χ2n) is 11.1. The third kappa shape index (κ3) is 8.73. The van der Waals surface area contributed by atoms with Gasteiger partial charge in [-0.1, -0.05) is 81.4 Å². The molecule has 0 amide bonds. The molecule has 0 radical (unpaired) electrons. The molecule has 0 bridgehead atoms. The van der Waals surface area contributed by atoms with Crippen molar-refractivity contribution in [1.82, 2.24) is 9.80 Å². The van der Waals surface area contributed by atoms with E-state index in [1.165, 1.54) is 17.5 Å². The maximum absolute atomic E-state index is 10.7. The van der Waals surface area contributed by atoms with Crippen molar-refractivity contribution >= 4 is 24.8 Å². The zero-order valence-electron chi connectivity index (χ0n) is 21.5. The van der Waals surface area contributed by atoms with E-state index < -0.39 is 6.10 Å². The summed E-state index contributed by atoms with van der Waals surface area (Å²) in [5.41, 5.74) is 3.03. The summed E-state index contributed by atoms with van der Waals surface area (Å²) in [7, 11) is 0. The Morgan fingerprint density at radius 2 is 1.43 bits per heavy atom. The van der Waals surface area contributed by atoms with Gasteiger partial charge >= 0.3 is 0 Å². The van der Waals surface area contributed by atoms with Gasteiger partial charge in [0.25, 0.3) is 0 Å². The molecule has 196 valence electrons. The Balaban J connectivity index is 0.00000216. The van der Waals surface area contributed by atoms with Crippen LogP contribution >= 0.6 is 24.8 Å². The molecule has 1 saturated heterocycles. The highest BCUT2D eigenvalue weighted by atomic mass is 35.5. The van der Waals surface area contributed by atoms with E-state index in [2.05, 4.69) is 91.2 Å². The van der Waals surface area contributed by atoms with Gasteiger partial charge in [-0.25, -0.2) is 0 Å². The molecule has 2 fully saturated rings. The van der Waals surface area contributed by atoms with Crippen LogP contribution < -0.4 is 0 Å². The molecule has 1 saturated carbocycles. The van der Waals surface area contributed by atoms with Gasteiger partial charge in [0.2, 0.25) is 0 Å². The van der Waals surface area contributed by atoms with Gasteiger partial charge in [-0.2, -0.15) is 0 Å². The van der Waals surface area contributed by atoms with Gasteiger partial charge in [-0.3, -0.25) is 9.80 Å². The summed E-state index contributed by atoms with van der Waals surface area (Å²) in [6.07, 6.45) is 3.36. The number of nitrogens with zero attached hydrogens (tertiary/aromatic N) is 2. The number of β-amino-alcohol motifs (C(OH)–C–C–N with tert-alkyl or cyclic N) is 1. The molecule has 4 rings (SSSR count). The largest absolute Gasteiger partial charge is 0.389 e.